The molecule has 0 radical (unpaired) electrons. The highest BCUT2D eigenvalue weighted by Gasteiger charge is 2.27. The first-order chi connectivity index (χ1) is 12.2. The number of methoxy groups -OCH3 is 1. The average Bonchev–Trinajstić information content (AvgIpc) is 3.12. The standard InChI is InChI=1S/C19H25FN2O2S/c1-24-17-4-5-19(20)15(11-17)12-21-7-8-22(16(13-21)6-9-23)14-18-3-2-10-25-18/h2-5,10-11,16,23H,6-9,12-14H2,1H3. The van der Waals surface area contributed by atoms with E-state index in [-0.39, 0.29) is 18.5 Å². The maximum atomic E-state index is 14.1. The lowest BCUT2D eigenvalue weighted by atomic mass is 10.1. The van der Waals surface area contributed by atoms with E-state index in [0.717, 1.165) is 32.6 Å². The average molecular weight is 364 g/mol. The monoisotopic (exact) mass is 364 g/mol. The molecule has 1 fully saturated rings. The highest BCUT2D eigenvalue weighted by molar-refractivity contribution is 7.09. The number of hydrogen-bond acceptors (Lipinski definition) is 5. The lowest BCUT2D eigenvalue weighted by Crippen LogP contribution is -2.52. The Balaban J connectivity index is 1.65. The zero-order chi connectivity index (χ0) is 17.6. The summed E-state index contributed by atoms with van der Waals surface area (Å²) in [6.45, 7) is 4.31. The van der Waals surface area contributed by atoms with Gasteiger partial charge in [0.05, 0.1) is 7.11 Å². The van der Waals surface area contributed by atoms with E-state index in [1.807, 2.05) is 0 Å². The molecule has 1 aliphatic heterocycles. The highest BCUT2D eigenvalue weighted by Crippen LogP contribution is 2.22. The first kappa shape index (κ1) is 18.3. The minimum atomic E-state index is -0.194. The molecule has 0 amide bonds. The molecule has 6 heteroatoms. The van der Waals surface area contributed by atoms with Crippen LogP contribution in [0, 0.1) is 5.82 Å². The van der Waals surface area contributed by atoms with Gasteiger partial charge in [0.1, 0.15) is 11.6 Å². The predicted molar refractivity (Wildman–Crippen MR) is 98.4 cm³/mol. The van der Waals surface area contributed by atoms with Gasteiger partial charge >= 0.3 is 0 Å². The van der Waals surface area contributed by atoms with Gasteiger partial charge in [-0.15, -0.1) is 11.3 Å². The van der Waals surface area contributed by atoms with Gasteiger partial charge in [-0.3, -0.25) is 9.80 Å². The fraction of sp³-hybridized carbons (Fsp3) is 0.474. The molecule has 25 heavy (non-hydrogen) atoms. The Hall–Kier alpha value is -1.47. The molecule has 3 rings (SSSR count). The zero-order valence-electron chi connectivity index (χ0n) is 14.5. The number of hydrogen-bond donors (Lipinski definition) is 1. The van der Waals surface area contributed by atoms with Crippen LogP contribution < -0.4 is 4.74 Å². The minimum absolute atomic E-state index is 0.174. The van der Waals surface area contributed by atoms with Gasteiger partial charge in [-0.05, 0) is 36.1 Å². The summed E-state index contributed by atoms with van der Waals surface area (Å²) in [6, 6.07) is 9.39. The van der Waals surface area contributed by atoms with Crippen LogP contribution in [0.5, 0.6) is 5.75 Å². The number of ether oxygens (including phenoxy) is 1. The van der Waals surface area contributed by atoms with Crippen molar-refractivity contribution in [2.75, 3.05) is 33.4 Å². The second kappa shape index (κ2) is 8.76. The Morgan fingerprint density at radius 1 is 1.28 bits per heavy atom. The van der Waals surface area contributed by atoms with Gasteiger partial charge in [-0.1, -0.05) is 6.07 Å². The summed E-state index contributed by atoms with van der Waals surface area (Å²) in [4.78, 5) is 6.04. The quantitative estimate of drug-likeness (QED) is 0.819. The van der Waals surface area contributed by atoms with E-state index in [2.05, 4.69) is 27.3 Å². The number of halogens is 1. The van der Waals surface area contributed by atoms with Crippen molar-refractivity contribution in [1.29, 1.82) is 0 Å². The van der Waals surface area contributed by atoms with Crippen LogP contribution in [0.15, 0.2) is 35.7 Å². The van der Waals surface area contributed by atoms with Crippen molar-refractivity contribution in [2.45, 2.75) is 25.6 Å². The second-order valence-corrected chi connectivity index (χ2v) is 7.44. The molecule has 1 atom stereocenters. The number of aliphatic hydroxyl groups excluding tert-OH is 1. The lowest BCUT2D eigenvalue weighted by molar-refractivity contribution is 0.0501. The third-order valence-electron chi connectivity index (χ3n) is 4.74. The third kappa shape index (κ3) is 4.79. The summed E-state index contributed by atoms with van der Waals surface area (Å²) in [5.74, 6) is 0.486. The normalized spacial score (nSPS) is 19.2. The van der Waals surface area contributed by atoms with Crippen LogP contribution in [0.3, 0.4) is 0 Å². The summed E-state index contributed by atoms with van der Waals surface area (Å²) in [5.41, 5.74) is 0.661. The van der Waals surface area contributed by atoms with Crippen LogP contribution in [-0.4, -0.2) is 54.3 Å². The first-order valence-electron chi connectivity index (χ1n) is 8.61. The molecule has 1 saturated heterocycles. The van der Waals surface area contributed by atoms with Gasteiger partial charge in [-0.2, -0.15) is 0 Å². The van der Waals surface area contributed by atoms with E-state index >= 15 is 0 Å². The Labute approximate surface area is 152 Å². The highest BCUT2D eigenvalue weighted by atomic mass is 32.1. The van der Waals surface area contributed by atoms with Crippen LogP contribution in [-0.2, 0) is 13.1 Å². The Morgan fingerprint density at radius 3 is 2.88 bits per heavy atom. The van der Waals surface area contributed by atoms with Crippen LogP contribution >= 0.6 is 11.3 Å². The first-order valence-corrected chi connectivity index (χ1v) is 9.49. The van der Waals surface area contributed by atoms with Gasteiger partial charge in [0.2, 0.25) is 0 Å². The molecule has 0 bridgehead atoms. The van der Waals surface area contributed by atoms with Crippen molar-refractivity contribution in [1.82, 2.24) is 9.80 Å². The number of piperazine rings is 1. The SMILES string of the molecule is COc1ccc(F)c(CN2CCN(Cc3cccs3)C(CCO)C2)c1. The molecule has 1 aromatic heterocycles. The fourth-order valence-corrected chi connectivity index (χ4v) is 4.10. The van der Waals surface area contributed by atoms with Crippen molar-refractivity contribution >= 4 is 11.3 Å². The van der Waals surface area contributed by atoms with Gasteiger partial charge in [0.25, 0.3) is 0 Å². The molecular weight excluding hydrogens is 339 g/mol. The fourth-order valence-electron chi connectivity index (χ4n) is 3.37. The van der Waals surface area contributed by atoms with Gasteiger partial charge < -0.3 is 9.84 Å². The number of rotatable bonds is 7. The predicted octanol–water partition coefficient (Wildman–Crippen LogP) is 2.96. The molecule has 2 heterocycles. The molecule has 0 aliphatic carbocycles. The molecule has 1 unspecified atom stereocenters. The smallest absolute Gasteiger partial charge is 0.127 e. The van der Waals surface area contributed by atoms with Crippen molar-refractivity contribution in [3.8, 4) is 5.75 Å². The lowest BCUT2D eigenvalue weighted by Gasteiger charge is -2.41. The van der Waals surface area contributed by atoms with E-state index in [9.17, 15) is 9.50 Å². The van der Waals surface area contributed by atoms with Crippen LogP contribution in [0.4, 0.5) is 4.39 Å². The Kier molecular flexibility index (Phi) is 6.42. The Morgan fingerprint density at radius 2 is 2.16 bits per heavy atom. The number of nitrogens with zero attached hydrogens (tertiary/aromatic N) is 2. The minimum Gasteiger partial charge on any atom is -0.497 e. The molecule has 1 aromatic carbocycles. The molecule has 0 spiro atoms. The largest absolute Gasteiger partial charge is 0.497 e. The van der Waals surface area contributed by atoms with Gasteiger partial charge in [0, 0.05) is 55.8 Å². The Bertz CT molecular complexity index is 665. The molecular formula is C19H25FN2O2S. The van der Waals surface area contributed by atoms with Crippen LogP contribution in [0.1, 0.15) is 16.9 Å². The van der Waals surface area contributed by atoms with Crippen LogP contribution in [0.2, 0.25) is 0 Å². The van der Waals surface area contributed by atoms with Crippen molar-refractivity contribution in [2.24, 2.45) is 0 Å². The van der Waals surface area contributed by atoms with Crippen molar-refractivity contribution < 1.29 is 14.2 Å². The second-order valence-electron chi connectivity index (χ2n) is 6.41. The molecule has 136 valence electrons. The number of aliphatic hydroxyl groups is 1. The van der Waals surface area contributed by atoms with E-state index in [4.69, 9.17) is 4.74 Å². The summed E-state index contributed by atoms with van der Waals surface area (Å²) < 4.78 is 19.3. The van der Waals surface area contributed by atoms with Crippen molar-refractivity contribution in [3.63, 3.8) is 0 Å². The van der Waals surface area contributed by atoms with E-state index < -0.39 is 0 Å². The summed E-state index contributed by atoms with van der Waals surface area (Å²) >= 11 is 1.76. The maximum Gasteiger partial charge on any atom is 0.127 e. The summed E-state index contributed by atoms with van der Waals surface area (Å²) in [5, 5.41) is 11.5. The van der Waals surface area contributed by atoms with E-state index in [1.54, 1.807) is 30.6 Å². The maximum absolute atomic E-state index is 14.1. The molecule has 0 saturated carbocycles. The zero-order valence-corrected chi connectivity index (χ0v) is 15.3. The molecule has 1 aliphatic rings. The summed E-state index contributed by atoms with van der Waals surface area (Å²) in [6.07, 6.45) is 0.739. The number of thiophene rings is 1. The van der Waals surface area contributed by atoms with Crippen molar-refractivity contribution in [3.05, 3.63) is 52.0 Å². The molecule has 1 N–H and O–H groups in total. The number of benzene rings is 1. The molecule has 2 aromatic rings. The summed E-state index contributed by atoms with van der Waals surface area (Å²) in [7, 11) is 1.59. The van der Waals surface area contributed by atoms with Crippen LogP contribution in [0.25, 0.3) is 0 Å². The molecule has 4 nitrogen and oxygen atoms in total. The van der Waals surface area contributed by atoms with E-state index in [1.165, 1.54) is 10.9 Å². The third-order valence-corrected chi connectivity index (χ3v) is 5.60. The van der Waals surface area contributed by atoms with Gasteiger partial charge in [-0.25, -0.2) is 4.39 Å². The van der Waals surface area contributed by atoms with Gasteiger partial charge in [0.15, 0.2) is 0 Å². The van der Waals surface area contributed by atoms with E-state index in [0.29, 0.717) is 17.9 Å². The topological polar surface area (TPSA) is 35.9 Å².